The minimum Gasteiger partial charge on any atom is -0.497 e. The van der Waals surface area contributed by atoms with Gasteiger partial charge in [-0.2, -0.15) is 0 Å². The zero-order valence-electron chi connectivity index (χ0n) is 15.3. The third-order valence-electron chi connectivity index (χ3n) is 5.58. The lowest BCUT2D eigenvalue weighted by atomic mass is 9.65. The molecule has 2 unspecified atom stereocenters. The number of rotatable bonds is 4. The molecule has 2 aliphatic rings. The molecule has 0 radical (unpaired) electrons. The first-order chi connectivity index (χ1) is 12.0. The second-order valence-corrected chi connectivity index (χ2v) is 7.28. The topological polar surface area (TPSA) is 93.5 Å². The van der Waals surface area contributed by atoms with E-state index in [1.165, 1.54) is 13.3 Å². The number of nitrogens with two attached hydrogens (primary N) is 1. The molecular weight excluding hydrogens is 354 g/mol. The SMILES string of the molecule is COc1ccc(NC(C)=O)c(NC(=O)C2CC3CCCC(C2)C3N)c1.Cl. The average Bonchev–Trinajstić information content (AvgIpc) is 2.55. The van der Waals surface area contributed by atoms with E-state index < -0.39 is 0 Å². The summed E-state index contributed by atoms with van der Waals surface area (Å²) in [5.74, 6) is 1.33. The number of anilines is 2. The summed E-state index contributed by atoms with van der Waals surface area (Å²) < 4.78 is 5.24. The van der Waals surface area contributed by atoms with E-state index >= 15 is 0 Å². The molecule has 1 aromatic rings. The monoisotopic (exact) mass is 381 g/mol. The van der Waals surface area contributed by atoms with Crippen LogP contribution in [-0.2, 0) is 9.59 Å². The van der Waals surface area contributed by atoms with Crippen molar-refractivity contribution in [2.75, 3.05) is 17.7 Å². The summed E-state index contributed by atoms with van der Waals surface area (Å²) in [5, 5.41) is 5.74. The first kappa shape index (κ1) is 20.5. The van der Waals surface area contributed by atoms with E-state index in [1.54, 1.807) is 25.3 Å². The van der Waals surface area contributed by atoms with E-state index in [1.807, 2.05) is 0 Å². The maximum absolute atomic E-state index is 12.8. The number of benzene rings is 1. The number of hydrogen-bond donors (Lipinski definition) is 3. The molecule has 0 aromatic heterocycles. The minimum atomic E-state index is -0.182. The number of ether oxygens (including phenoxy) is 1. The molecule has 0 spiro atoms. The number of nitrogens with one attached hydrogen (secondary N) is 2. The molecule has 4 N–H and O–H groups in total. The van der Waals surface area contributed by atoms with Crippen LogP contribution in [0.2, 0.25) is 0 Å². The zero-order chi connectivity index (χ0) is 18.0. The second-order valence-electron chi connectivity index (χ2n) is 7.28. The molecule has 0 saturated heterocycles. The largest absolute Gasteiger partial charge is 0.497 e. The van der Waals surface area contributed by atoms with Crippen molar-refractivity contribution in [3.8, 4) is 5.75 Å². The van der Waals surface area contributed by atoms with Crippen molar-refractivity contribution in [2.45, 2.75) is 45.1 Å². The van der Waals surface area contributed by atoms with Gasteiger partial charge in [-0.3, -0.25) is 9.59 Å². The van der Waals surface area contributed by atoms with E-state index in [9.17, 15) is 9.59 Å². The molecule has 2 amide bonds. The Morgan fingerprint density at radius 3 is 2.35 bits per heavy atom. The normalized spacial score (nSPS) is 27.0. The van der Waals surface area contributed by atoms with Crippen LogP contribution in [0, 0.1) is 17.8 Å². The van der Waals surface area contributed by atoms with Gasteiger partial charge in [0.2, 0.25) is 11.8 Å². The molecular formula is C19H28ClN3O3. The Balaban J connectivity index is 0.00000243. The van der Waals surface area contributed by atoms with Crippen molar-refractivity contribution in [1.82, 2.24) is 0 Å². The van der Waals surface area contributed by atoms with Crippen LogP contribution < -0.4 is 21.1 Å². The Bertz CT molecular complexity index is 653. The number of amides is 2. The maximum Gasteiger partial charge on any atom is 0.227 e. The Morgan fingerprint density at radius 1 is 1.12 bits per heavy atom. The zero-order valence-corrected chi connectivity index (χ0v) is 16.1. The molecule has 2 bridgehead atoms. The molecule has 6 nitrogen and oxygen atoms in total. The van der Waals surface area contributed by atoms with E-state index in [0.29, 0.717) is 29.0 Å². The molecule has 3 rings (SSSR count). The van der Waals surface area contributed by atoms with Crippen LogP contribution in [0.15, 0.2) is 18.2 Å². The lowest BCUT2D eigenvalue weighted by Crippen LogP contribution is -2.48. The number of hydrogen-bond acceptors (Lipinski definition) is 4. The van der Waals surface area contributed by atoms with Crippen molar-refractivity contribution < 1.29 is 14.3 Å². The highest BCUT2D eigenvalue weighted by molar-refractivity contribution is 6.00. The summed E-state index contributed by atoms with van der Waals surface area (Å²) in [6.45, 7) is 1.44. The van der Waals surface area contributed by atoms with E-state index in [0.717, 1.165) is 25.7 Å². The smallest absolute Gasteiger partial charge is 0.227 e. The van der Waals surface area contributed by atoms with E-state index in [-0.39, 0.29) is 36.2 Å². The molecule has 2 aliphatic carbocycles. The summed E-state index contributed by atoms with van der Waals surface area (Å²) in [7, 11) is 1.57. The van der Waals surface area contributed by atoms with Gasteiger partial charge >= 0.3 is 0 Å². The number of fused-ring (bicyclic) bond motifs is 2. The quantitative estimate of drug-likeness (QED) is 0.746. The van der Waals surface area contributed by atoms with Crippen molar-refractivity contribution in [3.05, 3.63) is 18.2 Å². The number of methoxy groups -OCH3 is 1. The van der Waals surface area contributed by atoms with Crippen molar-refractivity contribution in [3.63, 3.8) is 0 Å². The minimum absolute atomic E-state index is 0. The van der Waals surface area contributed by atoms with E-state index in [2.05, 4.69) is 10.6 Å². The molecule has 7 heteroatoms. The molecule has 2 atom stereocenters. The molecule has 144 valence electrons. The van der Waals surface area contributed by atoms with Gasteiger partial charge in [0.1, 0.15) is 5.75 Å². The molecule has 26 heavy (non-hydrogen) atoms. The van der Waals surface area contributed by atoms with Gasteiger partial charge in [0, 0.05) is 24.9 Å². The lowest BCUT2D eigenvalue weighted by Gasteiger charge is -2.43. The van der Waals surface area contributed by atoms with Crippen LogP contribution in [0.5, 0.6) is 5.75 Å². The highest BCUT2D eigenvalue weighted by Gasteiger charge is 2.40. The fraction of sp³-hybridized carbons (Fsp3) is 0.579. The Morgan fingerprint density at radius 2 is 1.77 bits per heavy atom. The predicted molar refractivity (Wildman–Crippen MR) is 105 cm³/mol. The van der Waals surface area contributed by atoms with Crippen LogP contribution in [0.4, 0.5) is 11.4 Å². The summed E-state index contributed by atoms with van der Waals surface area (Å²) in [4.78, 5) is 24.2. The average molecular weight is 382 g/mol. The summed E-state index contributed by atoms with van der Waals surface area (Å²) in [6, 6.07) is 5.47. The molecule has 2 fully saturated rings. The fourth-order valence-corrected chi connectivity index (χ4v) is 4.29. The molecule has 0 heterocycles. The number of carbonyl (C=O) groups is 2. The van der Waals surface area contributed by atoms with Crippen LogP contribution in [0.25, 0.3) is 0 Å². The highest BCUT2D eigenvalue weighted by Crippen LogP contribution is 2.42. The van der Waals surface area contributed by atoms with Crippen LogP contribution >= 0.6 is 12.4 Å². The van der Waals surface area contributed by atoms with Crippen molar-refractivity contribution >= 4 is 35.6 Å². The number of carbonyl (C=O) groups excluding carboxylic acids is 2. The van der Waals surface area contributed by atoms with Gasteiger partial charge < -0.3 is 21.1 Å². The van der Waals surface area contributed by atoms with Crippen LogP contribution in [0.1, 0.15) is 39.0 Å². The van der Waals surface area contributed by atoms with Crippen molar-refractivity contribution in [2.24, 2.45) is 23.5 Å². The van der Waals surface area contributed by atoms with Crippen molar-refractivity contribution in [1.29, 1.82) is 0 Å². The summed E-state index contributed by atoms with van der Waals surface area (Å²) >= 11 is 0. The van der Waals surface area contributed by atoms with E-state index in [4.69, 9.17) is 10.5 Å². The first-order valence-electron chi connectivity index (χ1n) is 9.00. The Kier molecular flexibility index (Phi) is 6.89. The molecule has 2 saturated carbocycles. The third kappa shape index (κ3) is 4.48. The summed E-state index contributed by atoms with van der Waals surface area (Å²) in [5.41, 5.74) is 7.47. The van der Waals surface area contributed by atoms with Gasteiger partial charge in [0.25, 0.3) is 0 Å². The van der Waals surface area contributed by atoms with Crippen LogP contribution in [0.3, 0.4) is 0 Å². The second kappa shape index (κ2) is 8.73. The standard InChI is InChI=1S/C19H27N3O3.ClH/c1-11(23)21-16-7-6-15(25-2)10-17(16)22-19(24)14-8-12-4-3-5-13(9-14)18(12)20;/h6-7,10,12-14,18H,3-5,8-9,20H2,1-2H3,(H,21,23)(H,22,24);1H. The molecule has 1 aromatic carbocycles. The molecule has 0 aliphatic heterocycles. The lowest BCUT2D eigenvalue weighted by molar-refractivity contribution is -0.122. The number of halogens is 1. The van der Waals surface area contributed by atoms with Gasteiger partial charge in [-0.25, -0.2) is 0 Å². The third-order valence-corrected chi connectivity index (χ3v) is 5.58. The fourth-order valence-electron chi connectivity index (χ4n) is 4.29. The predicted octanol–water partition coefficient (Wildman–Crippen LogP) is 3.17. The van der Waals surface area contributed by atoms with Gasteiger partial charge in [0.15, 0.2) is 0 Å². The van der Waals surface area contributed by atoms with Gasteiger partial charge in [0.05, 0.1) is 18.5 Å². The maximum atomic E-state index is 12.8. The highest BCUT2D eigenvalue weighted by atomic mass is 35.5. The first-order valence-corrected chi connectivity index (χ1v) is 9.00. The Labute approximate surface area is 160 Å². The van der Waals surface area contributed by atoms with Crippen LogP contribution in [-0.4, -0.2) is 25.0 Å². The van der Waals surface area contributed by atoms with Gasteiger partial charge in [-0.1, -0.05) is 6.42 Å². The van der Waals surface area contributed by atoms with Gasteiger partial charge in [-0.15, -0.1) is 12.4 Å². The van der Waals surface area contributed by atoms with Gasteiger partial charge in [-0.05, 0) is 49.7 Å². The Hall–Kier alpha value is -1.79. The summed E-state index contributed by atoms with van der Waals surface area (Å²) in [6.07, 6.45) is 5.17.